The van der Waals surface area contributed by atoms with Crippen molar-refractivity contribution in [2.75, 3.05) is 0 Å². The normalized spacial score (nSPS) is 10.5. The SMILES string of the molecule is Cc1cccc(-c2nnc(-c3ccccc3C(=O)O)o2)c1. The Labute approximate surface area is 120 Å². The van der Waals surface area contributed by atoms with Crippen LogP contribution in [-0.2, 0) is 0 Å². The molecule has 0 unspecified atom stereocenters. The minimum absolute atomic E-state index is 0.136. The van der Waals surface area contributed by atoms with E-state index in [1.54, 1.807) is 18.2 Å². The van der Waals surface area contributed by atoms with Gasteiger partial charge in [0.15, 0.2) is 0 Å². The Morgan fingerprint density at radius 1 is 1.05 bits per heavy atom. The predicted molar refractivity (Wildman–Crippen MR) is 76.9 cm³/mol. The van der Waals surface area contributed by atoms with Crippen LogP contribution in [0.1, 0.15) is 15.9 Å². The van der Waals surface area contributed by atoms with Crippen molar-refractivity contribution in [3.63, 3.8) is 0 Å². The van der Waals surface area contributed by atoms with Crippen molar-refractivity contribution < 1.29 is 14.3 Å². The van der Waals surface area contributed by atoms with Crippen LogP contribution in [0.15, 0.2) is 52.9 Å². The first-order valence-electron chi connectivity index (χ1n) is 6.38. The van der Waals surface area contributed by atoms with Gasteiger partial charge in [-0.15, -0.1) is 10.2 Å². The second-order valence-electron chi connectivity index (χ2n) is 4.63. The molecule has 0 atom stereocenters. The second-order valence-corrected chi connectivity index (χ2v) is 4.63. The Balaban J connectivity index is 2.05. The van der Waals surface area contributed by atoms with Gasteiger partial charge >= 0.3 is 5.97 Å². The van der Waals surface area contributed by atoms with E-state index in [0.717, 1.165) is 11.1 Å². The summed E-state index contributed by atoms with van der Waals surface area (Å²) in [5.74, 6) is -0.459. The molecular weight excluding hydrogens is 268 g/mol. The van der Waals surface area contributed by atoms with Gasteiger partial charge in [0.05, 0.1) is 11.1 Å². The topological polar surface area (TPSA) is 76.2 Å². The van der Waals surface area contributed by atoms with Crippen LogP contribution in [0.3, 0.4) is 0 Å². The van der Waals surface area contributed by atoms with E-state index in [1.165, 1.54) is 6.07 Å². The summed E-state index contributed by atoms with van der Waals surface area (Å²) >= 11 is 0. The largest absolute Gasteiger partial charge is 0.478 e. The van der Waals surface area contributed by atoms with Crippen LogP contribution in [0.4, 0.5) is 0 Å². The molecule has 0 radical (unpaired) electrons. The number of hydrogen-bond donors (Lipinski definition) is 1. The summed E-state index contributed by atoms with van der Waals surface area (Å²) in [5, 5.41) is 17.1. The van der Waals surface area contributed by atoms with Crippen LogP contribution < -0.4 is 0 Å². The molecule has 104 valence electrons. The van der Waals surface area contributed by atoms with Gasteiger partial charge < -0.3 is 9.52 Å². The molecule has 1 N–H and O–H groups in total. The predicted octanol–water partition coefficient (Wildman–Crippen LogP) is 3.41. The fourth-order valence-corrected chi connectivity index (χ4v) is 2.08. The molecule has 5 heteroatoms. The number of aryl methyl sites for hydroxylation is 1. The number of nitrogens with zero attached hydrogens (tertiary/aromatic N) is 2. The molecule has 0 aliphatic carbocycles. The lowest BCUT2D eigenvalue weighted by molar-refractivity contribution is 0.0697. The number of carbonyl (C=O) groups is 1. The summed E-state index contributed by atoms with van der Waals surface area (Å²) in [5.41, 5.74) is 2.44. The van der Waals surface area contributed by atoms with Crippen LogP contribution in [0, 0.1) is 6.92 Å². The average molecular weight is 280 g/mol. The fraction of sp³-hybridized carbons (Fsp3) is 0.0625. The Hall–Kier alpha value is -2.95. The molecule has 2 aromatic carbocycles. The summed E-state index contributed by atoms with van der Waals surface area (Å²) in [7, 11) is 0. The molecule has 0 bridgehead atoms. The Morgan fingerprint density at radius 3 is 2.57 bits per heavy atom. The van der Waals surface area contributed by atoms with E-state index in [-0.39, 0.29) is 11.5 Å². The van der Waals surface area contributed by atoms with Crippen molar-refractivity contribution in [1.82, 2.24) is 10.2 Å². The van der Waals surface area contributed by atoms with Gasteiger partial charge in [-0.1, -0.05) is 29.8 Å². The highest BCUT2D eigenvalue weighted by atomic mass is 16.4. The first-order chi connectivity index (χ1) is 10.1. The standard InChI is InChI=1S/C16H12N2O3/c1-10-5-4-6-11(9-10)14-17-18-15(21-14)12-7-2-3-8-13(12)16(19)20/h2-9H,1H3,(H,19,20). The monoisotopic (exact) mass is 280 g/mol. The van der Waals surface area contributed by atoms with E-state index in [0.29, 0.717) is 11.5 Å². The van der Waals surface area contributed by atoms with Gasteiger partial charge in [-0.2, -0.15) is 0 Å². The number of rotatable bonds is 3. The molecule has 0 saturated carbocycles. The summed E-state index contributed by atoms with van der Waals surface area (Å²) < 4.78 is 5.62. The van der Waals surface area contributed by atoms with Gasteiger partial charge in [0.1, 0.15) is 0 Å². The van der Waals surface area contributed by atoms with Gasteiger partial charge in [-0.3, -0.25) is 0 Å². The van der Waals surface area contributed by atoms with E-state index in [4.69, 9.17) is 4.42 Å². The molecule has 0 amide bonds. The molecule has 0 aliphatic rings. The quantitative estimate of drug-likeness (QED) is 0.795. The number of aromatic carboxylic acids is 1. The Bertz CT molecular complexity index is 809. The molecule has 3 aromatic rings. The number of aromatic nitrogens is 2. The van der Waals surface area contributed by atoms with Gasteiger partial charge in [-0.25, -0.2) is 4.79 Å². The zero-order chi connectivity index (χ0) is 14.8. The number of carboxylic acids is 1. The van der Waals surface area contributed by atoms with Crippen LogP contribution in [0.2, 0.25) is 0 Å². The van der Waals surface area contributed by atoms with Gasteiger partial charge in [-0.05, 0) is 31.2 Å². The maximum absolute atomic E-state index is 11.2. The zero-order valence-corrected chi connectivity index (χ0v) is 11.3. The van der Waals surface area contributed by atoms with Gasteiger partial charge in [0.25, 0.3) is 0 Å². The van der Waals surface area contributed by atoms with Crippen molar-refractivity contribution in [3.05, 3.63) is 59.7 Å². The average Bonchev–Trinajstić information content (AvgIpc) is 2.97. The highest BCUT2D eigenvalue weighted by Crippen LogP contribution is 2.26. The number of benzene rings is 2. The summed E-state index contributed by atoms with van der Waals surface area (Å²) in [4.78, 5) is 11.2. The molecule has 3 rings (SSSR count). The molecular formula is C16H12N2O3. The van der Waals surface area contributed by atoms with E-state index < -0.39 is 5.97 Å². The zero-order valence-electron chi connectivity index (χ0n) is 11.3. The first-order valence-corrected chi connectivity index (χ1v) is 6.38. The van der Waals surface area contributed by atoms with Crippen molar-refractivity contribution in [2.24, 2.45) is 0 Å². The van der Waals surface area contributed by atoms with Crippen LogP contribution in [-0.4, -0.2) is 21.3 Å². The van der Waals surface area contributed by atoms with E-state index in [2.05, 4.69) is 10.2 Å². The summed E-state index contributed by atoms with van der Waals surface area (Å²) in [6.07, 6.45) is 0. The third-order valence-corrected chi connectivity index (χ3v) is 3.08. The lowest BCUT2D eigenvalue weighted by Crippen LogP contribution is -1.98. The van der Waals surface area contributed by atoms with E-state index in [9.17, 15) is 9.90 Å². The van der Waals surface area contributed by atoms with Crippen molar-refractivity contribution >= 4 is 5.97 Å². The molecule has 1 aromatic heterocycles. The summed E-state index contributed by atoms with van der Waals surface area (Å²) in [6, 6.07) is 14.2. The smallest absolute Gasteiger partial charge is 0.336 e. The lowest BCUT2D eigenvalue weighted by Gasteiger charge is -2.00. The van der Waals surface area contributed by atoms with Crippen LogP contribution >= 0.6 is 0 Å². The van der Waals surface area contributed by atoms with Crippen LogP contribution in [0.25, 0.3) is 22.9 Å². The molecule has 0 aliphatic heterocycles. The third kappa shape index (κ3) is 2.53. The molecule has 0 saturated heterocycles. The van der Waals surface area contributed by atoms with Crippen molar-refractivity contribution in [2.45, 2.75) is 6.92 Å². The minimum Gasteiger partial charge on any atom is -0.478 e. The molecule has 21 heavy (non-hydrogen) atoms. The fourth-order valence-electron chi connectivity index (χ4n) is 2.08. The third-order valence-electron chi connectivity index (χ3n) is 3.08. The molecule has 5 nitrogen and oxygen atoms in total. The Morgan fingerprint density at radius 2 is 1.81 bits per heavy atom. The Kier molecular flexibility index (Phi) is 3.23. The maximum atomic E-state index is 11.2. The number of hydrogen-bond acceptors (Lipinski definition) is 4. The maximum Gasteiger partial charge on any atom is 0.336 e. The first kappa shape index (κ1) is 13.1. The van der Waals surface area contributed by atoms with Gasteiger partial charge in [0.2, 0.25) is 11.8 Å². The van der Waals surface area contributed by atoms with E-state index >= 15 is 0 Å². The minimum atomic E-state index is -1.03. The highest BCUT2D eigenvalue weighted by Gasteiger charge is 2.17. The summed E-state index contributed by atoms with van der Waals surface area (Å²) in [6.45, 7) is 1.97. The van der Waals surface area contributed by atoms with Gasteiger partial charge in [0, 0.05) is 5.56 Å². The number of carboxylic acid groups (broad SMARTS) is 1. The molecule has 1 heterocycles. The van der Waals surface area contributed by atoms with E-state index in [1.807, 2.05) is 31.2 Å². The second kappa shape index (κ2) is 5.20. The van der Waals surface area contributed by atoms with Crippen molar-refractivity contribution in [3.8, 4) is 22.9 Å². The van der Waals surface area contributed by atoms with Crippen LogP contribution in [0.5, 0.6) is 0 Å². The molecule has 0 spiro atoms. The highest BCUT2D eigenvalue weighted by molar-refractivity contribution is 5.94. The molecule has 0 fully saturated rings. The van der Waals surface area contributed by atoms with Crippen molar-refractivity contribution in [1.29, 1.82) is 0 Å². The lowest BCUT2D eigenvalue weighted by atomic mass is 10.1.